The van der Waals surface area contributed by atoms with Crippen LogP contribution in [0.4, 0.5) is 17.6 Å². The lowest BCUT2D eigenvalue weighted by Crippen LogP contribution is -2.25. The number of ketones is 4. The topological polar surface area (TPSA) is 141 Å². The SMILES string of the molecule is CC(=O)CO/N=C/c1ccc([18F])cc1.CC(=O)CONC(=O)c1ccc([18F])cc1.CC(=O)c1ccc([18F])cc1.CC(=O)c1ccc([18F])nc1. The first-order valence-corrected chi connectivity index (χ1v) is 14.1. The highest BCUT2D eigenvalue weighted by Crippen LogP contribution is 2.04. The zero-order valence-electron chi connectivity index (χ0n) is 26.9. The van der Waals surface area contributed by atoms with Gasteiger partial charge >= 0.3 is 0 Å². The Morgan fingerprint density at radius 1 is 0.633 bits per heavy atom. The summed E-state index contributed by atoms with van der Waals surface area (Å²) >= 11 is 0. The first-order chi connectivity index (χ1) is 23.2. The molecule has 10 nitrogen and oxygen atoms in total. The molecule has 0 atom stereocenters. The van der Waals surface area contributed by atoms with Crippen molar-refractivity contribution in [1.29, 1.82) is 0 Å². The molecule has 4 rings (SSSR count). The van der Waals surface area contributed by atoms with Gasteiger partial charge in [-0.15, -0.1) is 0 Å². The summed E-state index contributed by atoms with van der Waals surface area (Å²) in [5, 5.41) is 3.54. The third-order valence-corrected chi connectivity index (χ3v) is 5.35. The number of hydrogen-bond donors (Lipinski definition) is 1. The molecule has 14 heteroatoms. The molecule has 0 radical (unpaired) electrons. The van der Waals surface area contributed by atoms with Crippen molar-refractivity contribution in [2.75, 3.05) is 13.2 Å². The van der Waals surface area contributed by atoms with Gasteiger partial charge in [-0.25, -0.2) is 23.6 Å². The van der Waals surface area contributed by atoms with Gasteiger partial charge in [0.15, 0.2) is 29.7 Å². The largest absolute Gasteiger partial charge is 0.388 e. The van der Waals surface area contributed by atoms with Crippen LogP contribution in [0, 0.1) is 23.4 Å². The first-order valence-electron chi connectivity index (χ1n) is 14.1. The quantitative estimate of drug-likeness (QED) is 0.0678. The number of pyridine rings is 1. The number of nitrogens with one attached hydrogen (secondary N) is 1. The van der Waals surface area contributed by atoms with E-state index >= 15 is 0 Å². The molecule has 0 saturated carbocycles. The zero-order valence-corrected chi connectivity index (χ0v) is 26.9. The number of halogens is 4. The zero-order chi connectivity index (χ0) is 36.8. The van der Waals surface area contributed by atoms with Crippen LogP contribution in [0.1, 0.15) is 64.3 Å². The van der Waals surface area contributed by atoms with Crippen molar-refractivity contribution < 1.29 is 51.2 Å². The minimum Gasteiger partial charge on any atom is -0.388 e. The van der Waals surface area contributed by atoms with Crippen LogP contribution in [0.5, 0.6) is 0 Å². The monoisotopic (exact) mass is 679 g/mol. The predicted molar refractivity (Wildman–Crippen MR) is 172 cm³/mol. The number of Topliss-reactive ketones (excluding diaryl/α,β-unsaturated/α-hetero) is 4. The minimum absolute atomic E-state index is 0.0417. The molecule has 1 heterocycles. The number of amides is 1. The van der Waals surface area contributed by atoms with E-state index in [-0.39, 0.29) is 53.5 Å². The van der Waals surface area contributed by atoms with E-state index in [1.54, 1.807) is 12.1 Å². The second kappa shape index (κ2) is 22.6. The Balaban J connectivity index is 0.000000332. The minimum atomic E-state index is -0.565. The van der Waals surface area contributed by atoms with Gasteiger partial charge in [0.2, 0.25) is 5.95 Å². The Morgan fingerprint density at radius 2 is 1.08 bits per heavy atom. The Kier molecular flexibility index (Phi) is 19.0. The highest BCUT2D eigenvalue weighted by molar-refractivity contribution is 5.94. The molecule has 0 aliphatic heterocycles. The molecule has 258 valence electrons. The van der Waals surface area contributed by atoms with E-state index in [0.29, 0.717) is 11.1 Å². The van der Waals surface area contributed by atoms with Crippen LogP contribution in [0.25, 0.3) is 0 Å². The highest BCUT2D eigenvalue weighted by atomic mass is 18.2. The smallest absolute Gasteiger partial charge is 0.274 e. The molecule has 0 aliphatic rings. The number of rotatable bonds is 10. The van der Waals surface area contributed by atoms with E-state index in [9.17, 15) is 41.5 Å². The van der Waals surface area contributed by atoms with Gasteiger partial charge in [0.05, 0.1) is 6.21 Å². The number of hydroxylamine groups is 1. The standard InChI is InChI=1S/C10H10FNO3.C10H10FNO2.C8H7FO.C7H6FNO/c1-7(13)6-15-12-10(14)8-2-4-9(11)5-3-8;1-8(13)7-14-12-6-9-2-4-10(11)5-3-9;1-6(10)7-2-4-8(9)5-3-7;1-5(10)6-2-3-7(8)9-4-6/h2-5H,6H2,1H3,(H,12,14);2-6H,7H2,1H3;2-5H,1H3;2-4H,1H3/b;12-6+;;/i2*11-1;9-1;8-1. The van der Waals surface area contributed by atoms with E-state index in [4.69, 9.17) is 0 Å². The molecule has 3 aromatic carbocycles. The average molecular weight is 680 g/mol. The second-order valence-corrected chi connectivity index (χ2v) is 9.68. The van der Waals surface area contributed by atoms with Gasteiger partial charge < -0.3 is 4.84 Å². The molecule has 0 aliphatic carbocycles. The predicted octanol–water partition coefficient (Wildman–Crippen LogP) is 6.29. The number of nitrogens with zero attached hydrogens (tertiary/aromatic N) is 2. The third-order valence-electron chi connectivity index (χ3n) is 5.35. The molecule has 0 saturated heterocycles. The van der Waals surface area contributed by atoms with Crippen molar-refractivity contribution in [1.82, 2.24) is 10.5 Å². The molecule has 49 heavy (non-hydrogen) atoms. The third kappa shape index (κ3) is 19.4. The molecule has 0 spiro atoms. The fourth-order valence-electron chi connectivity index (χ4n) is 2.91. The van der Waals surface area contributed by atoms with Crippen LogP contribution in [-0.2, 0) is 19.3 Å². The van der Waals surface area contributed by atoms with Crippen molar-refractivity contribution in [3.8, 4) is 0 Å². The van der Waals surface area contributed by atoms with Crippen LogP contribution in [0.3, 0.4) is 0 Å². The normalized spacial score (nSPS) is 9.80. The molecule has 0 fully saturated rings. The average Bonchev–Trinajstić information content (AvgIpc) is 3.05. The number of oxime groups is 1. The van der Waals surface area contributed by atoms with E-state index in [2.05, 4.69) is 25.3 Å². The highest BCUT2D eigenvalue weighted by Gasteiger charge is 2.05. The number of carbonyl (C=O) groups excluding carboxylic acids is 5. The maximum absolute atomic E-state index is 12.5. The Hall–Kier alpha value is -5.89. The molecular formula is C35H33F4N3O7. The molecule has 4 aromatic rings. The van der Waals surface area contributed by atoms with Gasteiger partial charge in [-0.2, -0.15) is 4.39 Å². The molecule has 0 unspecified atom stereocenters. The van der Waals surface area contributed by atoms with E-state index in [1.807, 2.05) is 0 Å². The van der Waals surface area contributed by atoms with Gasteiger partial charge in [-0.05, 0) is 106 Å². The van der Waals surface area contributed by atoms with Crippen molar-refractivity contribution >= 4 is 35.3 Å². The maximum atomic E-state index is 12.5. The van der Waals surface area contributed by atoms with E-state index in [1.165, 1.54) is 107 Å². The van der Waals surface area contributed by atoms with Crippen molar-refractivity contribution in [2.45, 2.75) is 27.7 Å². The lowest BCUT2D eigenvalue weighted by molar-refractivity contribution is -0.123. The fourth-order valence-corrected chi connectivity index (χ4v) is 2.91. The van der Waals surface area contributed by atoms with Gasteiger partial charge in [0.25, 0.3) is 5.91 Å². The van der Waals surface area contributed by atoms with Crippen LogP contribution in [0.15, 0.2) is 96.3 Å². The summed E-state index contributed by atoms with van der Waals surface area (Å²) in [4.78, 5) is 66.0. The fraction of sp³-hybridized carbons (Fsp3) is 0.171. The summed E-state index contributed by atoms with van der Waals surface area (Å²) in [5.74, 6) is -2.56. The Morgan fingerprint density at radius 3 is 1.51 bits per heavy atom. The second-order valence-electron chi connectivity index (χ2n) is 9.68. The molecule has 1 aromatic heterocycles. The summed E-state index contributed by atoms with van der Waals surface area (Å²) in [6.45, 7) is 5.38. The number of carbonyl (C=O) groups is 5. The Labute approximate surface area is 279 Å². The summed E-state index contributed by atoms with van der Waals surface area (Å²) in [6, 6.07) is 18.8. The number of benzene rings is 3. The molecule has 0 bridgehead atoms. The summed E-state index contributed by atoms with van der Waals surface area (Å²) in [7, 11) is 0. The van der Waals surface area contributed by atoms with Gasteiger partial charge in [0, 0.05) is 22.9 Å². The van der Waals surface area contributed by atoms with Gasteiger partial charge in [-0.1, -0.05) is 17.3 Å². The number of aromatic nitrogens is 1. The van der Waals surface area contributed by atoms with Crippen molar-refractivity contribution in [2.24, 2.45) is 5.16 Å². The summed E-state index contributed by atoms with van der Waals surface area (Å²) in [5.41, 5.74) is 4.02. The maximum Gasteiger partial charge on any atom is 0.274 e. The first kappa shape index (κ1) is 41.1. The Bertz CT molecular complexity index is 1630. The van der Waals surface area contributed by atoms with Crippen LogP contribution in [-0.4, -0.2) is 53.5 Å². The van der Waals surface area contributed by atoms with Crippen LogP contribution in [0.2, 0.25) is 0 Å². The van der Waals surface area contributed by atoms with Crippen LogP contribution < -0.4 is 5.48 Å². The summed E-state index contributed by atoms with van der Waals surface area (Å²) < 4.78 is 49.3. The lowest BCUT2D eigenvalue weighted by Gasteiger charge is -2.03. The number of hydrogen-bond acceptors (Lipinski definition) is 9. The van der Waals surface area contributed by atoms with E-state index in [0.717, 1.165) is 11.6 Å². The molecule has 1 N–H and O–H groups in total. The van der Waals surface area contributed by atoms with Crippen molar-refractivity contribution in [3.63, 3.8) is 0 Å². The lowest BCUT2D eigenvalue weighted by atomic mass is 10.1. The molecular weight excluding hydrogens is 646 g/mol. The van der Waals surface area contributed by atoms with Crippen LogP contribution >= 0.6 is 0 Å². The van der Waals surface area contributed by atoms with Gasteiger partial charge in [0.1, 0.15) is 24.1 Å². The van der Waals surface area contributed by atoms with E-state index < -0.39 is 17.7 Å². The van der Waals surface area contributed by atoms with Gasteiger partial charge in [-0.3, -0.25) is 28.8 Å². The molecule has 1 amide bonds. The summed E-state index contributed by atoms with van der Waals surface area (Å²) in [6.07, 6.45) is 2.64. The van der Waals surface area contributed by atoms with Crippen molar-refractivity contribution in [3.05, 3.63) is 137 Å².